The summed E-state index contributed by atoms with van der Waals surface area (Å²) < 4.78 is 0. The zero-order valence-electron chi connectivity index (χ0n) is 9.26. The molecule has 1 fully saturated rings. The molecule has 0 bridgehead atoms. The molecule has 2 N–H and O–H groups in total. The largest absolute Gasteiger partial charge is 0.393 e. The summed E-state index contributed by atoms with van der Waals surface area (Å²) in [6.45, 7) is 1.39. The highest BCUT2D eigenvalue weighted by Gasteiger charge is 2.24. The van der Waals surface area contributed by atoms with Crippen LogP contribution >= 0.6 is 0 Å². The predicted molar refractivity (Wildman–Crippen MR) is 62.6 cm³/mol. The molecule has 1 aromatic carbocycles. The van der Waals surface area contributed by atoms with Crippen molar-refractivity contribution in [3.63, 3.8) is 0 Å². The van der Waals surface area contributed by atoms with Gasteiger partial charge in [-0.3, -0.25) is 14.9 Å². The highest BCUT2D eigenvalue weighted by molar-refractivity contribution is 6.01. The fraction of sp³-hybridized carbons (Fsp3) is 0.364. The molecule has 0 radical (unpaired) electrons. The van der Waals surface area contributed by atoms with Gasteiger partial charge in [-0.1, -0.05) is 6.07 Å². The minimum Gasteiger partial charge on any atom is -0.393 e. The first-order valence-electron chi connectivity index (χ1n) is 5.43. The van der Waals surface area contributed by atoms with Crippen molar-refractivity contribution in [2.24, 2.45) is 0 Å². The lowest BCUT2D eigenvalue weighted by Gasteiger charge is -2.16. The number of hydrogen-bond acceptors (Lipinski definition) is 4. The molecule has 1 heterocycles. The second kappa shape index (κ2) is 4.40. The third-order valence-electron chi connectivity index (χ3n) is 2.90. The smallest absolute Gasteiger partial charge is 0.292 e. The summed E-state index contributed by atoms with van der Waals surface area (Å²) in [5.74, 6) is -0.219. The number of nitro benzene ring substituents is 1. The van der Waals surface area contributed by atoms with Crippen molar-refractivity contribution in [1.29, 1.82) is 0 Å². The summed E-state index contributed by atoms with van der Waals surface area (Å²) in [5.41, 5.74) is 5.63. The summed E-state index contributed by atoms with van der Waals surface area (Å²) in [4.78, 5) is 23.9. The molecule has 0 aliphatic carbocycles. The van der Waals surface area contributed by atoms with Gasteiger partial charge in [-0.2, -0.15) is 0 Å². The topological polar surface area (TPSA) is 89.5 Å². The van der Waals surface area contributed by atoms with Gasteiger partial charge in [0.15, 0.2) is 0 Å². The van der Waals surface area contributed by atoms with Crippen LogP contribution in [0.4, 0.5) is 11.4 Å². The average molecular weight is 235 g/mol. The molecule has 1 amide bonds. The number of nitrogens with two attached hydrogens (primary N) is 1. The Morgan fingerprint density at radius 2 is 2.00 bits per heavy atom. The van der Waals surface area contributed by atoms with Crippen LogP contribution in [0.1, 0.15) is 23.2 Å². The lowest BCUT2D eigenvalue weighted by atomic mass is 10.1. The van der Waals surface area contributed by atoms with E-state index in [-0.39, 0.29) is 22.8 Å². The SMILES string of the molecule is Nc1c(C(=O)N2CCCC2)cccc1[N+](=O)[O-]. The number of nitrogen functional groups attached to an aromatic ring is 1. The monoisotopic (exact) mass is 235 g/mol. The number of anilines is 1. The first kappa shape index (κ1) is 11.4. The van der Waals surface area contributed by atoms with E-state index in [0.717, 1.165) is 12.8 Å². The minimum atomic E-state index is -0.573. The van der Waals surface area contributed by atoms with Crippen molar-refractivity contribution in [3.05, 3.63) is 33.9 Å². The molecule has 0 spiro atoms. The molecule has 90 valence electrons. The number of amides is 1. The molecular weight excluding hydrogens is 222 g/mol. The van der Waals surface area contributed by atoms with Gasteiger partial charge in [0.1, 0.15) is 5.69 Å². The molecule has 0 saturated carbocycles. The third kappa shape index (κ3) is 2.06. The lowest BCUT2D eigenvalue weighted by molar-refractivity contribution is -0.383. The summed E-state index contributed by atoms with van der Waals surface area (Å²) >= 11 is 0. The average Bonchev–Trinajstić information content (AvgIpc) is 2.81. The standard InChI is InChI=1S/C11H13N3O3/c12-10-8(4-3-5-9(10)14(16)17)11(15)13-6-1-2-7-13/h3-5H,1-2,6-7,12H2. The zero-order valence-corrected chi connectivity index (χ0v) is 9.26. The highest BCUT2D eigenvalue weighted by Crippen LogP contribution is 2.26. The normalized spacial score (nSPS) is 14.9. The number of carbonyl (C=O) groups excluding carboxylic acids is 1. The molecule has 6 heteroatoms. The van der Waals surface area contributed by atoms with Gasteiger partial charge in [0.25, 0.3) is 11.6 Å². The maximum absolute atomic E-state index is 12.1. The van der Waals surface area contributed by atoms with Crippen LogP contribution in [0.3, 0.4) is 0 Å². The van der Waals surface area contributed by atoms with E-state index in [4.69, 9.17) is 5.73 Å². The molecule has 2 rings (SSSR count). The van der Waals surface area contributed by atoms with Gasteiger partial charge in [0, 0.05) is 19.2 Å². The second-order valence-electron chi connectivity index (χ2n) is 3.99. The molecule has 17 heavy (non-hydrogen) atoms. The second-order valence-corrected chi connectivity index (χ2v) is 3.99. The van der Waals surface area contributed by atoms with E-state index in [2.05, 4.69) is 0 Å². The maximum atomic E-state index is 12.1. The van der Waals surface area contributed by atoms with Crippen LogP contribution < -0.4 is 5.73 Å². The van der Waals surface area contributed by atoms with Crippen LogP contribution in [0.15, 0.2) is 18.2 Å². The summed E-state index contributed by atoms with van der Waals surface area (Å²) in [5, 5.41) is 10.7. The number of likely N-dealkylation sites (tertiary alicyclic amines) is 1. The molecule has 6 nitrogen and oxygen atoms in total. The van der Waals surface area contributed by atoms with E-state index in [1.807, 2.05) is 0 Å². The Morgan fingerprint density at radius 1 is 1.35 bits per heavy atom. The molecule has 0 atom stereocenters. The van der Waals surface area contributed by atoms with Crippen LogP contribution in [0.2, 0.25) is 0 Å². The number of nitro groups is 1. The van der Waals surface area contributed by atoms with Crippen molar-refractivity contribution in [1.82, 2.24) is 4.90 Å². The van der Waals surface area contributed by atoms with Gasteiger partial charge in [-0.15, -0.1) is 0 Å². The molecule has 1 aliphatic rings. The Hall–Kier alpha value is -2.11. The van der Waals surface area contributed by atoms with E-state index in [9.17, 15) is 14.9 Å². The number of nitrogens with zero attached hydrogens (tertiary/aromatic N) is 2. The van der Waals surface area contributed by atoms with E-state index < -0.39 is 4.92 Å². The van der Waals surface area contributed by atoms with Crippen LogP contribution in [-0.2, 0) is 0 Å². The van der Waals surface area contributed by atoms with Gasteiger partial charge in [-0.25, -0.2) is 0 Å². The number of para-hydroxylation sites is 1. The fourth-order valence-corrected chi connectivity index (χ4v) is 1.99. The summed E-state index contributed by atoms with van der Waals surface area (Å²) in [7, 11) is 0. The zero-order chi connectivity index (χ0) is 12.4. The third-order valence-corrected chi connectivity index (χ3v) is 2.90. The van der Waals surface area contributed by atoms with Crippen LogP contribution in [0.25, 0.3) is 0 Å². The number of hydrogen-bond donors (Lipinski definition) is 1. The first-order chi connectivity index (χ1) is 8.11. The number of benzene rings is 1. The highest BCUT2D eigenvalue weighted by atomic mass is 16.6. The van der Waals surface area contributed by atoms with Crippen LogP contribution in [0.5, 0.6) is 0 Å². The molecule has 1 aromatic rings. The molecule has 1 saturated heterocycles. The van der Waals surface area contributed by atoms with E-state index in [1.54, 1.807) is 4.90 Å². The lowest BCUT2D eigenvalue weighted by Crippen LogP contribution is -2.28. The Morgan fingerprint density at radius 3 is 2.59 bits per heavy atom. The number of rotatable bonds is 2. The first-order valence-corrected chi connectivity index (χ1v) is 5.43. The van der Waals surface area contributed by atoms with Gasteiger partial charge in [-0.05, 0) is 18.9 Å². The molecular formula is C11H13N3O3. The van der Waals surface area contributed by atoms with Crippen LogP contribution in [-0.4, -0.2) is 28.8 Å². The van der Waals surface area contributed by atoms with Crippen molar-refractivity contribution < 1.29 is 9.72 Å². The van der Waals surface area contributed by atoms with Gasteiger partial charge >= 0.3 is 0 Å². The Balaban J connectivity index is 2.35. The quantitative estimate of drug-likeness (QED) is 0.476. The Labute approximate surface area is 98.2 Å². The summed E-state index contributed by atoms with van der Waals surface area (Å²) in [6.07, 6.45) is 1.95. The van der Waals surface area contributed by atoms with Gasteiger partial charge < -0.3 is 10.6 Å². The molecule has 0 unspecified atom stereocenters. The summed E-state index contributed by atoms with van der Waals surface area (Å²) in [6, 6.07) is 4.32. The van der Waals surface area contributed by atoms with E-state index >= 15 is 0 Å². The molecule has 1 aliphatic heterocycles. The van der Waals surface area contributed by atoms with Crippen molar-refractivity contribution in [2.75, 3.05) is 18.8 Å². The van der Waals surface area contributed by atoms with Crippen molar-refractivity contribution >= 4 is 17.3 Å². The fourth-order valence-electron chi connectivity index (χ4n) is 1.99. The predicted octanol–water partition coefficient (Wildman–Crippen LogP) is 1.41. The van der Waals surface area contributed by atoms with E-state index in [0.29, 0.717) is 13.1 Å². The van der Waals surface area contributed by atoms with E-state index in [1.165, 1.54) is 18.2 Å². The van der Waals surface area contributed by atoms with Gasteiger partial charge in [0.05, 0.1) is 10.5 Å². The van der Waals surface area contributed by atoms with Crippen molar-refractivity contribution in [2.45, 2.75) is 12.8 Å². The maximum Gasteiger partial charge on any atom is 0.292 e. The molecule has 0 aromatic heterocycles. The van der Waals surface area contributed by atoms with Gasteiger partial charge in [0.2, 0.25) is 0 Å². The Bertz CT molecular complexity index is 467. The number of carbonyl (C=O) groups is 1. The minimum absolute atomic E-state index is 0.0469. The Kier molecular flexibility index (Phi) is 2.95. The van der Waals surface area contributed by atoms with Crippen molar-refractivity contribution in [3.8, 4) is 0 Å². The van der Waals surface area contributed by atoms with Crippen LogP contribution in [0, 0.1) is 10.1 Å².